The predicted molar refractivity (Wildman–Crippen MR) is 139 cm³/mol. The van der Waals surface area contributed by atoms with Crippen molar-refractivity contribution >= 4 is 17.7 Å². The van der Waals surface area contributed by atoms with Gasteiger partial charge in [-0.05, 0) is 50.6 Å². The van der Waals surface area contributed by atoms with Crippen LogP contribution in [0.2, 0.25) is 0 Å². The van der Waals surface area contributed by atoms with Crippen LogP contribution < -0.4 is 9.64 Å². The molecule has 6 nitrogen and oxygen atoms in total. The standard InChI is InChI=1S/C29H34N2O4/c1-29(2,3)31(5)28(33)34-20-19-26(22-13-8-6-9-14-22)35-25-18-12-17-24(21-25)30(4)27(32)23-15-10-7-11-16-23/h6-18,21,26H,19-20H2,1-5H3. The molecule has 3 aromatic carbocycles. The summed E-state index contributed by atoms with van der Waals surface area (Å²) in [5.41, 5.74) is 1.99. The molecule has 3 aromatic rings. The summed E-state index contributed by atoms with van der Waals surface area (Å²) < 4.78 is 11.9. The van der Waals surface area contributed by atoms with E-state index >= 15 is 0 Å². The molecule has 0 aliphatic heterocycles. The monoisotopic (exact) mass is 474 g/mol. The van der Waals surface area contributed by atoms with E-state index < -0.39 is 0 Å². The van der Waals surface area contributed by atoms with Crippen LogP contribution in [-0.2, 0) is 4.74 Å². The Morgan fingerprint density at radius 1 is 0.857 bits per heavy atom. The highest BCUT2D eigenvalue weighted by molar-refractivity contribution is 6.05. The number of hydrogen-bond acceptors (Lipinski definition) is 4. The lowest BCUT2D eigenvalue weighted by Gasteiger charge is -2.31. The molecule has 0 aromatic heterocycles. The van der Waals surface area contributed by atoms with Gasteiger partial charge in [0.05, 0.1) is 6.61 Å². The lowest BCUT2D eigenvalue weighted by molar-refractivity contribution is 0.0687. The van der Waals surface area contributed by atoms with E-state index in [0.29, 0.717) is 17.7 Å². The van der Waals surface area contributed by atoms with Crippen molar-refractivity contribution in [2.75, 3.05) is 25.6 Å². The maximum absolute atomic E-state index is 12.9. The third-order valence-electron chi connectivity index (χ3n) is 5.87. The first-order valence-electron chi connectivity index (χ1n) is 11.7. The van der Waals surface area contributed by atoms with Gasteiger partial charge in [0.1, 0.15) is 11.9 Å². The van der Waals surface area contributed by atoms with Crippen molar-refractivity contribution < 1.29 is 19.1 Å². The van der Waals surface area contributed by atoms with Gasteiger partial charge in [0.2, 0.25) is 0 Å². The van der Waals surface area contributed by atoms with Crippen LogP contribution in [0.5, 0.6) is 5.75 Å². The quantitative estimate of drug-likeness (QED) is 0.382. The van der Waals surface area contributed by atoms with Gasteiger partial charge in [-0.25, -0.2) is 4.79 Å². The smallest absolute Gasteiger partial charge is 0.409 e. The first-order chi connectivity index (χ1) is 16.7. The molecule has 0 aliphatic rings. The van der Waals surface area contributed by atoms with Gasteiger partial charge in [-0.15, -0.1) is 0 Å². The molecular formula is C29H34N2O4. The van der Waals surface area contributed by atoms with E-state index in [0.717, 1.165) is 11.3 Å². The van der Waals surface area contributed by atoms with Crippen molar-refractivity contribution in [1.29, 1.82) is 0 Å². The van der Waals surface area contributed by atoms with Crippen LogP contribution in [0, 0.1) is 0 Å². The van der Waals surface area contributed by atoms with Crippen LogP contribution in [0.25, 0.3) is 0 Å². The number of hydrogen-bond donors (Lipinski definition) is 0. The number of carbonyl (C=O) groups is 2. The topological polar surface area (TPSA) is 59.1 Å². The number of amides is 2. The molecule has 3 rings (SSSR count). The fourth-order valence-electron chi connectivity index (χ4n) is 3.41. The van der Waals surface area contributed by atoms with E-state index in [9.17, 15) is 9.59 Å². The number of nitrogens with zero attached hydrogens (tertiary/aromatic N) is 2. The van der Waals surface area contributed by atoms with E-state index in [4.69, 9.17) is 9.47 Å². The zero-order chi connectivity index (χ0) is 25.4. The zero-order valence-corrected chi connectivity index (χ0v) is 21.1. The third-order valence-corrected chi connectivity index (χ3v) is 5.87. The van der Waals surface area contributed by atoms with Gasteiger partial charge in [0, 0.05) is 43.4 Å². The Kier molecular flexibility index (Phi) is 8.53. The minimum atomic E-state index is -0.368. The summed E-state index contributed by atoms with van der Waals surface area (Å²) in [6, 6.07) is 26.4. The molecule has 1 unspecified atom stereocenters. The molecule has 0 heterocycles. The van der Waals surface area contributed by atoms with E-state index in [1.165, 1.54) is 0 Å². The molecule has 0 fully saturated rings. The Labute approximate surface area is 208 Å². The van der Waals surface area contributed by atoms with Crippen LogP contribution in [0.1, 0.15) is 49.2 Å². The number of anilines is 1. The summed E-state index contributed by atoms with van der Waals surface area (Å²) >= 11 is 0. The molecular weight excluding hydrogens is 440 g/mol. The number of carbonyl (C=O) groups excluding carboxylic acids is 2. The summed E-state index contributed by atoms with van der Waals surface area (Å²) in [5, 5.41) is 0. The van der Waals surface area contributed by atoms with Crippen molar-refractivity contribution in [3.05, 3.63) is 96.1 Å². The Balaban J connectivity index is 1.72. The Bertz CT molecular complexity index is 1110. The average molecular weight is 475 g/mol. The maximum atomic E-state index is 12.9. The van der Waals surface area contributed by atoms with Crippen molar-refractivity contribution in [2.24, 2.45) is 0 Å². The second-order valence-corrected chi connectivity index (χ2v) is 9.38. The molecule has 2 amide bonds. The van der Waals surface area contributed by atoms with Crippen LogP contribution in [-0.4, -0.2) is 43.1 Å². The Hall–Kier alpha value is -3.80. The zero-order valence-electron chi connectivity index (χ0n) is 21.1. The lowest BCUT2D eigenvalue weighted by Crippen LogP contribution is -2.43. The summed E-state index contributed by atoms with van der Waals surface area (Å²) in [5.74, 6) is 0.527. The molecule has 1 atom stereocenters. The fourth-order valence-corrected chi connectivity index (χ4v) is 3.41. The summed E-state index contributed by atoms with van der Waals surface area (Å²) in [6.45, 7) is 6.08. The molecule has 184 valence electrons. The highest BCUT2D eigenvalue weighted by atomic mass is 16.6. The normalized spacial score (nSPS) is 11.9. The van der Waals surface area contributed by atoms with E-state index in [1.807, 2.05) is 93.6 Å². The van der Waals surface area contributed by atoms with Crippen molar-refractivity contribution in [3.8, 4) is 5.75 Å². The summed E-state index contributed by atoms with van der Waals surface area (Å²) in [6.07, 6.45) is -0.210. The molecule has 35 heavy (non-hydrogen) atoms. The van der Waals surface area contributed by atoms with Gasteiger partial charge in [-0.1, -0.05) is 54.6 Å². The molecule has 0 aliphatic carbocycles. The summed E-state index contributed by atoms with van der Waals surface area (Å²) in [4.78, 5) is 28.4. The minimum absolute atomic E-state index is 0.0998. The second-order valence-electron chi connectivity index (χ2n) is 9.38. The van der Waals surface area contributed by atoms with E-state index in [-0.39, 0.29) is 30.3 Å². The molecule has 0 saturated carbocycles. The third kappa shape index (κ3) is 7.09. The summed E-state index contributed by atoms with van der Waals surface area (Å²) in [7, 11) is 3.47. The molecule has 0 saturated heterocycles. The van der Waals surface area contributed by atoms with E-state index in [1.54, 1.807) is 36.0 Å². The SMILES string of the molecule is CN(C(=O)c1ccccc1)c1cccc(OC(CCOC(=O)N(C)C(C)(C)C)c2ccccc2)c1. The highest BCUT2D eigenvalue weighted by Crippen LogP contribution is 2.28. The number of rotatable bonds is 8. The minimum Gasteiger partial charge on any atom is -0.486 e. The molecule has 6 heteroatoms. The molecule has 0 spiro atoms. The van der Waals surface area contributed by atoms with Crippen LogP contribution in [0.3, 0.4) is 0 Å². The predicted octanol–water partition coefficient (Wildman–Crippen LogP) is 6.34. The van der Waals surface area contributed by atoms with Gasteiger partial charge in [0.25, 0.3) is 5.91 Å². The van der Waals surface area contributed by atoms with Crippen molar-refractivity contribution in [1.82, 2.24) is 4.90 Å². The van der Waals surface area contributed by atoms with Crippen LogP contribution >= 0.6 is 0 Å². The second kappa shape index (κ2) is 11.6. The lowest BCUT2D eigenvalue weighted by atomic mass is 10.1. The van der Waals surface area contributed by atoms with Crippen LogP contribution in [0.4, 0.5) is 10.5 Å². The largest absolute Gasteiger partial charge is 0.486 e. The molecule has 0 N–H and O–H groups in total. The maximum Gasteiger partial charge on any atom is 0.409 e. The fraction of sp³-hybridized carbons (Fsp3) is 0.310. The molecule has 0 bridgehead atoms. The molecule has 0 radical (unpaired) electrons. The first kappa shape index (κ1) is 25.8. The highest BCUT2D eigenvalue weighted by Gasteiger charge is 2.24. The van der Waals surface area contributed by atoms with Gasteiger partial charge >= 0.3 is 6.09 Å². The number of benzene rings is 3. The van der Waals surface area contributed by atoms with Gasteiger partial charge in [0.15, 0.2) is 0 Å². The van der Waals surface area contributed by atoms with Crippen molar-refractivity contribution in [3.63, 3.8) is 0 Å². The first-order valence-corrected chi connectivity index (χ1v) is 11.7. The van der Waals surface area contributed by atoms with Crippen molar-refractivity contribution in [2.45, 2.75) is 38.8 Å². The van der Waals surface area contributed by atoms with Gasteiger partial charge in [-0.3, -0.25) is 4.79 Å². The van der Waals surface area contributed by atoms with Crippen LogP contribution in [0.15, 0.2) is 84.9 Å². The number of ether oxygens (including phenoxy) is 2. The average Bonchev–Trinajstić information content (AvgIpc) is 2.87. The van der Waals surface area contributed by atoms with Gasteiger partial charge in [-0.2, -0.15) is 0 Å². The Morgan fingerprint density at radius 3 is 2.11 bits per heavy atom. The Morgan fingerprint density at radius 2 is 1.49 bits per heavy atom. The van der Waals surface area contributed by atoms with E-state index in [2.05, 4.69) is 0 Å². The van der Waals surface area contributed by atoms with Gasteiger partial charge < -0.3 is 19.3 Å².